The number of nitrogen functional groups attached to an aromatic ring is 2. The Kier molecular flexibility index (Phi) is 5.11. The molecule has 1 aromatic rings. The molecule has 1 fully saturated rings. The number of carbonyl (C=O) groups is 1. The highest BCUT2D eigenvalue weighted by Crippen LogP contribution is 2.40. The Balaban J connectivity index is 1.96. The molecule has 0 saturated heterocycles. The first-order valence-corrected chi connectivity index (χ1v) is 8.03. The van der Waals surface area contributed by atoms with Gasteiger partial charge in [-0.2, -0.15) is 0 Å². The second-order valence-electron chi connectivity index (χ2n) is 6.55. The summed E-state index contributed by atoms with van der Waals surface area (Å²) in [5.74, 6) is 1.51. The van der Waals surface area contributed by atoms with Gasteiger partial charge in [0.05, 0.1) is 11.4 Å². The van der Waals surface area contributed by atoms with Gasteiger partial charge in [-0.05, 0) is 48.8 Å². The van der Waals surface area contributed by atoms with Crippen molar-refractivity contribution in [1.82, 2.24) is 0 Å². The quantitative estimate of drug-likeness (QED) is 0.584. The number of hydrogen-bond acceptors (Lipinski definition) is 3. The van der Waals surface area contributed by atoms with E-state index in [1.54, 1.807) is 18.2 Å². The van der Waals surface area contributed by atoms with E-state index in [4.69, 9.17) is 11.5 Å². The molecule has 0 aliphatic heterocycles. The third-order valence-corrected chi connectivity index (χ3v) is 4.82. The predicted octanol–water partition coefficient (Wildman–Crippen LogP) is 3.81. The second kappa shape index (κ2) is 6.86. The zero-order valence-corrected chi connectivity index (χ0v) is 13.6. The molecule has 1 aromatic carbocycles. The van der Waals surface area contributed by atoms with Crippen LogP contribution in [0.25, 0.3) is 0 Å². The predicted molar refractivity (Wildman–Crippen MR) is 93.3 cm³/mol. The zero-order chi connectivity index (χ0) is 16.3. The highest BCUT2D eigenvalue weighted by molar-refractivity contribution is 5.92. The van der Waals surface area contributed by atoms with E-state index in [2.05, 4.69) is 25.7 Å². The number of allylic oxidation sites excluding steroid dienone is 1. The number of amides is 1. The van der Waals surface area contributed by atoms with Gasteiger partial charge in [0.15, 0.2) is 0 Å². The standard InChI is InChI=1S/C18H27N3O/c1-4-13-7-11(2)15(12(3)8-13)10-18(22)21-14-5-6-16(19)17(20)9-14/h5-6,9,12-13,15H,2,4,7-8,10,19-20H2,1,3H3,(H,21,22). The summed E-state index contributed by atoms with van der Waals surface area (Å²) in [4.78, 5) is 12.3. The van der Waals surface area contributed by atoms with Crippen LogP contribution in [0, 0.1) is 17.8 Å². The summed E-state index contributed by atoms with van der Waals surface area (Å²) >= 11 is 0. The molecule has 2 rings (SSSR count). The molecule has 0 aromatic heterocycles. The van der Waals surface area contributed by atoms with E-state index in [9.17, 15) is 4.79 Å². The van der Waals surface area contributed by atoms with E-state index in [-0.39, 0.29) is 11.8 Å². The van der Waals surface area contributed by atoms with Crippen LogP contribution in [-0.4, -0.2) is 5.91 Å². The van der Waals surface area contributed by atoms with Crippen molar-refractivity contribution >= 4 is 23.0 Å². The van der Waals surface area contributed by atoms with Crippen molar-refractivity contribution < 1.29 is 4.79 Å². The summed E-state index contributed by atoms with van der Waals surface area (Å²) < 4.78 is 0. The third-order valence-electron chi connectivity index (χ3n) is 4.82. The van der Waals surface area contributed by atoms with E-state index in [1.165, 1.54) is 18.4 Å². The van der Waals surface area contributed by atoms with Crippen LogP contribution in [0.5, 0.6) is 0 Å². The zero-order valence-electron chi connectivity index (χ0n) is 13.6. The number of carbonyl (C=O) groups excluding carboxylic acids is 1. The van der Waals surface area contributed by atoms with Crippen molar-refractivity contribution in [1.29, 1.82) is 0 Å². The third kappa shape index (κ3) is 3.81. The number of nitrogens with one attached hydrogen (secondary N) is 1. The number of benzene rings is 1. The maximum Gasteiger partial charge on any atom is 0.224 e. The average Bonchev–Trinajstić information content (AvgIpc) is 2.46. The number of nitrogens with two attached hydrogens (primary N) is 2. The van der Waals surface area contributed by atoms with Gasteiger partial charge in [-0.3, -0.25) is 4.79 Å². The fraction of sp³-hybridized carbons (Fsp3) is 0.500. The van der Waals surface area contributed by atoms with Gasteiger partial charge in [-0.25, -0.2) is 0 Å². The molecule has 1 amide bonds. The molecule has 22 heavy (non-hydrogen) atoms. The van der Waals surface area contributed by atoms with Gasteiger partial charge in [0.1, 0.15) is 0 Å². The van der Waals surface area contributed by atoms with E-state index >= 15 is 0 Å². The summed E-state index contributed by atoms with van der Waals surface area (Å²) in [5.41, 5.74) is 14.4. The highest BCUT2D eigenvalue weighted by Gasteiger charge is 2.30. The molecular formula is C18H27N3O. The molecule has 1 aliphatic rings. The van der Waals surface area contributed by atoms with Gasteiger partial charge in [-0.1, -0.05) is 32.4 Å². The minimum Gasteiger partial charge on any atom is -0.397 e. The molecule has 4 nitrogen and oxygen atoms in total. The maximum absolute atomic E-state index is 12.3. The van der Waals surface area contributed by atoms with Gasteiger partial charge >= 0.3 is 0 Å². The van der Waals surface area contributed by atoms with Crippen LogP contribution >= 0.6 is 0 Å². The Labute approximate surface area is 133 Å². The molecular weight excluding hydrogens is 274 g/mol. The molecule has 3 unspecified atom stereocenters. The van der Waals surface area contributed by atoms with E-state index in [0.29, 0.717) is 29.4 Å². The van der Waals surface area contributed by atoms with Crippen LogP contribution in [0.1, 0.15) is 39.5 Å². The normalized spacial score (nSPS) is 25.0. The lowest BCUT2D eigenvalue weighted by Gasteiger charge is -2.35. The summed E-state index contributed by atoms with van der Waals surface area (Å²) in [5, 5.41) is 2.91. The molecule has 0 heterocycles. The van der Waals surface area contributed by atoms with Crippen LogP contribution in [-0.2, 0) is 4.79 Å². The van der Waals surface area contributed by atoms with Crippen molar-refractivity contribution in [3.63, 3.8) is 0 Å². The Morgan fingerprint density at radius 3 is 2.68 bits per heavy atom. The van der Waals surface area contributed by atoms with Gasteiger partial charge in [0, 0.05) is 12.1 Å². The van der Waals surface area contributed by atoms with E-state index in [1.807, 2.05) is 0 Å². The van der Waals surface area contributed by atoms with Gasteiger partial charge in [0.25, 0.3) is 0 Å². The number of anilines is 3. The maximum atomic E-state index is 12.3. The summed E-state index contributed by atoms with van der Waals surface area (Å²) in [6, 6.07) is 5.17. The molecule has 3 atom stereocenters. The molecule has 0 spiro atoms. The number of hydrogen-bond donors (Lipinski definition) is 3. The summed E-state index contributed by atoms with van der Waals surface area (Å²) in [6.45, 7) is 8.67. The minimum atomic E-state index is 0.0112. The largest absolute Gasteiger partial charge is 0.397 e. The monoisotopic (exact) mass is 301 g/mol. The van der Waals surface area contributed by atoms with Crippen LogP contribution in [0.15, 0.2) is 30.4 Å². The molecule has 0 bridgehead atoms. The smallest absolute Gasteiger partial charge is 0.224 e. The van der Waals surface area contributed by atoms with E-state index < -0.39 is 0 Å². The Morgan fingerprint density at radius 1 is 1.36 bits per heavy atom. The van der Waals surface area contributed by atoms with E-state index in [0.717, 1.165) is 12.3 Å². The Bertz CT molecular complexity index is 567. The van der Waals surface area contributed by atoms with Gasteiger partial charge in [0.2, 0.25) is 5.91 Å². The van der Waals surface area contributed by atoms with Gasteiger partial charge < -0.3 is 16.8 Å². The molecule has 5 N–H and O–H groups in total. The number of rotatable bonds is 4. The topological polar surface area (TPSA) is 81.1 Å². The first-order valence-electron chi connectivity index (χ1n) is 8.03. The molecule has 120 valence electrons. The minimum absolute atomic E-state index is 0.0112. The van der Waals surface area contributed by atoms with Crippen molar-refractivity contribution in [2.45, 2.75) is 39.5 Å². The molecule has 0 radical (unpaired) electrons. The lowest BCUT2D eigenvalue weighted by atomic mass is 9.70. The van der Waals surface area contributed by atoms with Crippen molar-refractivity contribution in [2.24, 2.45) is 17.8 Å². The van der Waals surface area contributed by atoms with Crippen LogP contribution < -0.4 is 16.8 Å². The van der Waals surface area contributed by atoms with Crippen molar-refractivity contribution in [2.75, 3.05) is 16.8 Å². The fourth-order valence-corrected chi connectivity index (χ4v) is 3.42. The lowest BCUT2D eigenvalue weighted by molar-refractivity contribution is -0.117. The summed E-state index contributed by atoms with van der Waals surface area (Å²) in [7, 11) is 0. The molecule has 1 aliphatic carbocycles. The van der Waals surface area contributed by atoms with Crippen molar-refractivity contribution in [3.8, 4) is 0 Å². The van der Waals surface area contributed by atoms with Gasteiger partial charge in [-0.15, -0.1) is 0 Å². The highest BCUT2D eigenvalue weighted by atomic mass is 16.1. The lowest BCUT2D eigenvalue weighted by Crippen LogP contribution is -2.28. The summed E-state index contributed by atoms with van der Waals surface area (Å²) in [6.07, 6.45) is 3.91. The SMILES string of the molecule is C=C1CC(CC)CC(C)C1CC(=O)Nc1ccc(N)c(N)c1. The van der Waals surface area contributed by atoms with Crippen LogP contribution in [0.4, 0.5) is 17.1 Å². The molecule has 4 heteroatoms. The first-order chi connectivity index (χ1) is 10.4. The molecule has 1 saturated carbocycles. The van der Waals surface area contributed by atoms with Crippen molar-refractivity contribution in [3.05, 3.63) is 30.4 Å². The Hall–Kier alpha value is -1.97. The first kappa shape index (κ1) is 16.4. The second-order valence-corrected chi connectivity index (χ2v) is 6.55. The Morgan fingerprint density at radius 2 is 2.09 bits per heavy atom. The average molecular weight is 301 g/mol. The van der Waals surface area contributed by atoms with Crippen LogP contribution in [0.3, 0.4) is 0 Å². The van der Waals surface area contributed by atoms with Crippen LogP contribution in [0.2, 0.25) is 0 Å². The fourth-order valence-electron chi connectivity index (χ4n) is 3.42.